The number of H-pyrrole nitrogens is 2. The van der Waals surface area contributed by atoms with Crippen LogP contribution in [0.2, 0.25) is 0 Å². The molecule has 2 aromatic heterocycles. The van der Waals surface area contributed by atoms with Crippen molar-refractivity contribution in [1.82, 2.24) is 20.5 Å². The highest BCUT2D eigenvalue weighted by atomic mass is 16.2. The van der Waals surface area contributed by atoms with Gasteiger partial charge in [-0.15, -0.1) is 0 Å². The fourth-order valence-electron chi connectivity index (χ4n) is 3.38. The molecule has 134 valence electrons. The lowest BCUT2D eigenvalue weighted by molar-refractivity contribution is 0.0949. The number of fused-ring (bicyclic) bond motifs is 1. The molecule has 6 nitrogen and oxygen atoms in total. The number of nitrogens with one attached hydrogen (secondary N) is 3. The van der Waals surface area contributed by atoms with Gasteiger partial charge in [0.25, 0.3) is 11.5 Å². The van der Waals surface area contributed by atoms with Crippen molar-refractivity contribution in [2.24, 2.45) is 0 Å². The Kier molecular flexibility index (Phi) is 3.90. The minimum Gasteiger partial charge on any atom is -0.358 e. The summed E-state index contributed by atoms with van der Waals surface area (Å²) in [6, 6.07) is 5.83. The monoisotopic (exact) mass is 350 g/mol. The summed E-state index contributed by atoms with van der Waals surface area (Å²) < 4.78 is 0. The number of carbonyl (C=O) groups is 1. The summed E-state index contributed by atoms with van der Waals surface area (Å²) in [4.78, 5) is 28.0. The molecule has 0 spiro atoms. The summed E-state index contributed by atoms with van der Waals surface area (Å²) >= 11 is 0. The number of hydrogen-bond donors (Lipinski definition) is 3. The molecule has 1 aromatic carbocycles. The first-order valence-corrected chi connectivity index (χ1v) is 8.90. The number of aromatic nitrogens is 3. The van der Waals surface area contributed by atoms with Gasteiger partial charge in [0.2, 0.25) is 0 Å². The van der Waals surface area contributed by atoms with E-state index in [4.69, 9.17) is 0 Å². The molecule has 1 aliphatic carbocycles. The Bertz CT molecular complexity index is 1070. The fraction of sp³-hybridized carbons (Fsp3) is 0.350. The van der Waals surface area contributed by atoms with Crippen LogP contribution in [0.5, 0.6) is 0 Å². The van der Waals surface area contributed by atoms with Crippen LogP contribution in [0.25, 0.3) is 10.9 Å². The lowest BCUT2D eigenvalue weighted by atomic mass is 10.0. The van der Waals surface area contributed by atoms with Crippen molar-refractivity contribution >= 4 is 16.8 Å². The average molecular weight is 350 g/mol. The molecule has 1 amide bonds. The van der Waals surface area contributed by atoms with Gasteiger partial charge in [-0.2, -0.15) is 5.10 Å². The average Bonchev–Trinajstić information content (AvgIpc) is 3.41. The number of aromatic amines is 2. The zero-order valence-corrected chi connectivity index (χ0v) is 15.2. The highest BCUT2D eigenvalue weighted by molar-refractivity contribution is 5.94. The van der Waals surface area contributed by atoms with Gasteiger partial charge in [0.15, 0.2) is 0 Å². The third-order valence-electron chi connectivity index (χ3n) is 5.15. The van der Waals surface area contributed by atoms with Gasteiger partial charge in [0.05, 0.1) is 11.2 Å². The molecule has 0 bridgehead atoms. The Labute approximate surface area is 151 Å². The Morgan fingerprint density at radius 1 is 1.23 bits per heavy atom. The van der Waals surface area contributed by atoms with Crippen LogP contribution in [-0.4, -0.2) is 21.1 Å². The summed E-state index contributed by atoms with van der Waals surface area (Å²) in [5.74, 6) is 0.00451. The van der Waals surface area contributed by atoms with E-state index in [1.807, 2.05) is 13.8 Å². The van der Waals surface area contributed by atoms with Crippen molar-refractivity contribution in [3.63, 3.8) is 0 Å². The number of hydrogen-bond acceptors (Lipinski definition) is 3. The zero-order valence-electron chi connectivity index (χ0n) is 15.2. The van der Waals surface area contributed by atoms with Crippen LogP contribution < -0.4 is 10.9 Å². The molecule has 0 aliphatic heterocycles. The minimum atomic E-state index is -0.451. The quantitative estimate of drug-likeness (QED) is 0.675. The lowest BCUT2D eigenvalue weighted by Gasteiger charge is -2.08. The van der Waals surface area contributed by atoms with Crippen molar-refractivity contribution in [1.29, 1.82) is 0 Å². The molecule has 2 heterocycles. The maximum absolute atomic E-state index is 12.6. The van der Waals surface area contributed by atoms with E-state index in [0.29, 0.717) is 12.5 Å². The maximum Gasteiger partial charge on any atom is 0.277 e. The van der Waals surface area contributed by atoms with Gasteiger partial charge >= 0.3 is 0 Å². The van der Waals surface area contributed by atoms with E-state index in [1.165, 1.54) is 10.9 Å². The third kappa shape index (κ3) is 2.92. The number of nitrogens with zero attached hydrogens (tertiary/aromatic N) is 1. The van der Waals surface area contributed by atoms with Crippen LogP contribution in [0.1, 0.15) is 57.2 Å². The van der Waals surface area contributed by atoms with Gasteiger partial charge in [-0.05, 0) is 56.9 Å². The van der Waals surface area contributed by atoms with E-state index in [0.717, 1.165) is 40.9 Å². The van der Waals surface area contributed by atoms with Crippen LogP contribution in [-0.2, 0) is 6.54 Å². The molecule has 1 saturated carbocycles. The second-order valence-electron chi connectivity index (χ2n) is 7.21. The molecule has 1 fully saturated rings. The fourth-order valence-corrected chi connectivity index (χ4v) is 3.38. The van der Waals surface area contributed by atoms with Crippen LogP contribution in [0.3, 0.4) is 0 Å². The van der Waals surface area contributed by atoms with E-state index < -0.39 is 5.56 Å². The predicted molar refractivity (Wildman–Crippen MR) is 101 cm³/mol. The molecule has 26 heavy (non-hydrogen) atoms. The van der Waals surface area contributed by atoms with E-state index in [2.05, 4.69) is 39.6 Å². The van der Waals surface area contributed by atoms with E-state index in [9.17, 15) is 9.59 Å². The second-order valence-corrected chi connectivity index (χ2v) is 7.21. The van der Waals surface area contributed by atoms with Gasteiger partial charge in [0, 0.05) is 23.5 Å². The van der Waals surface area contributed by atoms with Crippen molar-refractivity contribution in [3.05, 3.63) is 62.2 Å². The number of amides is 1. The molecule has 3 aromatic rings. The molecule has 0 radical (unpaired) electrons. The molecule has 4 rings (SSSR count). The highest BCUT2D eigenvalue weighted by Gasteiger charge is 2.27. The van der Waals surface area contributed by atoms with Gasteiger partial charge in [-0.3, -0.25) is 9.59 Å². The van der Waals surface area contributed by atoms with Crippen LogP contribution in [0.4, 0.5) is 0 Å². The van der Waals surface area contributed by atoms with E-state index in [-0.39, 0.29) is 11.5 Å². The number of rotatable bonds is 4. The zero-order chi connectivity index (χ0) is 18.4. The first-order chi connectivity index (χ1) is 12.4. The molecule has 6 heteroatoms. The topological polar surface area (TPSA) is 90.6 Å². The summed E-state index contributed by atoms with van der Waals surface area (Å²) in [6.07, 6.45) is 2.12. The molecular weight excluding hydrogens is 328 g/mol. The number of aryl methyl sites for hydroxylation is 3. The van der Waals surface area contributed by atoms with Crippen LogP contribution >= 0.6 is 0 Å². The Morgan fingerprint density at radius 3 is 2.73 bits per heavy atom. The normalized spacial score (nSPS) is 14.0. The van der Waals surface area contributed by atoms with E-state index >= 15 is 0 Å². The largest absolute Gasteiger partial charge is 0.358 e. The second kappa shape index (κ2) is 6.12. The van der Waals surface area contributed by atoms with Crippen molar-refractivity contribution in [3.8, 4) is 0 Å². The highest BCUT2D eigenvalue weighted by Crippen LogP contribution is 2.38. The van der Waals surface area contributed by atoms with Gasteiger partial charge < -0.3 is 10.3 Å². The number of benzene rings is 1. The standard InChI is InChI=1S/C20H22N4O2/c1-10-6-14(18-15(7-10)11(2)12(3)22-18)9-21-19(25)16-8-17(13-4-5-13)23-24-20(16)26/h6-8,13,22H,4-5,9H2,1-3H3,(H,21,25)(H,24,26). The first kappa shape index (κ1) is 16.6. The van der Waals surface area contributed by atoms with Gasteiger partial charge in [0.1, 0.15) is 5.56 Å². The van der Waals surface area contributed by atoms with Crippen LogP contribution in [0.15, 0.2) is 23.0 Å². The van der Waals surface area contributed by atoms with E-state index in [1.54, 1.807) is 6.07 Å². The molecule has 3 N–H and O–H groups in total. The van der Waals surface area contributed by atoms with Crippen LogP contribution in [0, 0.1) is 20.8 Å². The summed E-state index contributed by atoms with van der Waals surface area (Å²) in [5.41, 5.74) is 6.00. The summed E-state index contributed by atoms with van der Waals surface area (Å²) in [7, 11) is 0. The van der Waals surface area contributed by atoms with Crippen molar-refractivity contribution < 1.29 is 4.79 Å². The summed E-state index contributed by atoms with van der Waals surface area (Å²) in [6.45, 7) is 6.54. The van der Waals surface area contributed by atoms with Crippen molar-refractivity contribution in [2.75, 3.05) is 0 Å². The number of carbonyl (C=O) groups excluding carboxylic acids is 1. The minimum absolute atomic E-state index is 0.129. The Hall–Kier alpha value is -2.89. The smallest absolute Gasteiger partial charge is 0.277 e. The van der Waals surface area contributed by atoms with Crippen molar-refractivity contribution in [2.45, 2.75) is 46.1 Å². The predicted octanol–water partition coefficient (Wildman–Crippen LogP) is 2.98. The summed E-state index contributed by atoms with van der Waals surface area (Å²) in [5, 5.41) is 10.5. The molecule has 1 aliphatic rings. The SMILES string of the molecule is Cc1cc(CNC(=O)c2cc(C3CC3)n[nH]c2=O)c2[nH]c(C)c(C)c2c1. The third-order valence-corrected chi connectivity index (χ3v) is 5.15. The molecule has 0 atom stereocenters. The van der Waals surface area contributed by atoms with Gasteiger partial charge in [-0.25, -0.2) is 5.10 Å². The molecular formula is C20H22N4O2. The first-order valence-electron chi connectivity index (χ1n) is 8.90. The Balaban J connectivity index is 1.60. The lowest BCUT2D eigenvalue weighted by Crippen LogP contribution is -2.30. The molecule has 0 unspecified atom stereocenters. The van der Waals surface area contributed by atoms with Gasteiger partial charge in [-0.1, -0.05) is 11.6 Å². The Morgan fingerprint density at radius 2 is 2.00 bits per heavy atom. The maximum atomic E-state index is 12.6. The molecule has 0 saturated heterocycles.